The van der Waals surface area contributed by atoms with Gasteiger partial charge in [0.2, 0.25) is 0 Å². The van der Waals surface area contributed by atoms with Crippen molar-refractivity contribution in [2.45, 2.75) is 33.3 Å². The molecule has 0 saturated carbocycles. The van der Waals surface area contributed by atoms with Crippen molar-refractivity contribution in [3.05, 3.63) is 66.2 Å². The molecular weight excluding hydrogens is 314 g/mol. The van der Waals surface area contributed by atoms with E-state index in [2.05, 4.69) is 11.9 Å². The Labute approximate surface area is 149 Å². The number of carbonyl (C=O) groups excluding carboxylic acids is 1. The Morgan fingerprint density at radius 1 is 1.12 bits per heavy atom. The predicted octanol–water partition coefficient (Wildman–Crippen LogP) is 4.66. The fourth-order valence-electron chi connectivity index (χ4n) is 2.29. The van der Waals surface area contributed by atoms with Gasteiger partial charge < -0.3 is 14.8 Å². The van der Waals surface area contributed by atoms with E-state index in [0.717, 1.165) is 11.3 Å². The number of anilines is 1. The summed E-state index contributed by atoms with van der Waals surface area (Å²) in [5, 5.41) is 2.88. The Balaban J connectivity index is 1.99. The van der Waals surface area contributed by atoms with E-state index in [0.29, 0.717) is 24.5 Å². The largest absolute Gasteiger partial charge is 0.490 e. The normalized spacial score (nSPS) is 11.5. The number of hydrogen-bond acceptors (Lipinski definition) is 3. The van der Waals surface area contributed by atoms with E-state index in [4.69, 9.17) is 9.47 Å². The lowest BCUT2D eigenvalue weighted by molar-refractivity contribution is -0.122. The summed E-state index contributed by atoms with van der Waals surface area (Å²) in [4.78, 5) is 12.5. The number of nitrogens with one attached hydrogen (secondary N) is 1. The van der Waals surface area contributed by atoms with Crippen molar-refractivity contribution in [1.82, 2.24) is 0 Å². The Hall–Kier alpha value is -2.75. The first kappa shape index (κ1) is 18.6. The zero-order valence-corrected chi connectivity index (χ0v) is 15.0. The summed E-state index contributed by atoms with van der Waals surface area (Å²) in [7, 11) is 0. The van der Waals surface area contributed by atoms with Crippen LogP contribution in [0.3, 0.4) is 0 Å². The molecule has 0 aliphatic carbocycles. The van der Waals surface area contributed by atoms with E-state index >= 15 is 0 Å². The summed E-state index contributed by atoms with van der Waals surface area (Å²) in [5.74, 6) is 1.27. The van der Waals surface area contributed by atoms with Gasteiger partial charge in [-0.3, -0.25) is 4.79 Å². The molecular formula is C21H25NO3. The van der Waals surface area contributed by atoms with Crippen molar-refractivity contribution in [2.75, 3.05) is 11.9 Å². The van der Waals surface area contributed by atoms with Gasteiger partial charge in [-0.25, -0.2) is 0 Å². The minimum absolute atomic E-state index is 0.166. The van der Waals surface area contributed by atoms with E-state index < -0.39 is 6.10 Å². The number of ether oxygens (including phenoxy) is 2. The van der Waals surface area contributed by atoms with E-state index in [-0.39, 0.29) is 5.91 Å². The molecule has 1 atom stereocenters. The molecule has 2 aromatic rings. The predicted molar refractivity (Wildman–Crippen MR) is 101 cm³/mol. The maximum atomic E-state index is 12.5. The van der Waals surface area contributed by atoms with Gasteiger partial charge in [0.15, 0.2) is 6.10 Å². The summed E-state index contributed by atoms with van der Waals surface area (Å²) >= 11 is 0. The fourth-order valence-corrected chi connectivity index (χ4v) is 2.29. The van der Waals surface area contributed by atoms with Crippen LogP contribution in [-0.4, -0.2) is 18.6 Å². The highest BCUT2D eigenvalue weighted by molar-refractivity contribution is 5.94. The van der Waals surface area contributed by atoms with Crippen molar-refractivity contribution in [3.8, 4) is 11.5 Å². The number of hydrogen-bond donors (Lipinski definition) is 1. The topological polar surface area (TPSA) is 47.6 Å². The molecule has 0 heterocycles. The fraction of sp³-hybridized carbons (Fsp3) is 0.286. The van der Waals surface area contributed by atoms with Crippen LogP contribution < -0.4 is 14.8 Å². The molecule has 0 aliphatic heterocycles. The van der Waals surface area contributed by atoms with E-state index in [9.17, 15) is 4.79 Å². The molecule has 132 valence electrons. The van der Waals surface area contributed by atoms with E-state index in [1.54, 1.807) is 18.2 Å². The molecule has 2 rings (SSSR count). The van der Waals surface area contributed by atoms with Gasteiger partial charge in [-0.15, -0.1) is 0 Å². The molecule has 25 heavy (non-hydrogen) atoms. The molecule has 0 aliphatic rings. The monoisotopic (exact) mass is 339 g/mol. The zero-order valence-electron chi connectivity index (χ0n) is 15.0. The van der Waals surface area contributed by atoms with Crippen LogP contribution in [0, 0.1) is 13.8 Å². The van der Waals surface area contributed by atoms with Gasteiger partial charge >= 0.3 is 0 Å². The molecule has 0 fully saturated rings. The first-order valence-electron chi connectivity index (χ1n) is 8.42. The molecule has 0 unspecified atom stereocenters. The molecule has 0 bridgehead atoms. The van der Waals surface area contributed by atoms with E-state index in [1.165, 1.54) is 5.56 Å². The summed E-state index contributed by atoms with van der Waals surface area (Å²) in [6, 6.07) is 13.1. The van der Waals surface area contributed by atoms with Crippen molar-refractivity contribution >= 4 is 11.6 Å². The lowest BCUT2D eigenvalue weighted by atomic mass is 10.1. The third-order valence-corrected chi connectivity index (χ3v) is 3.91. The number of aryl methyl sites for hydroxylation is 2. The van der Waals surface area contributed by atoms with Gasteiger partial charge in [0, 0.05) is 5.69 Å². The third-order valence-electron chi connectivity index (χ3n) is 3.91. The Bertz CT molecular complexity index is 722. The van der Waals surface area contributed by atoms with Crippen LogP contribution in [0.2, 0.25) is 0 Å². The second kappa shape index (κ2) is 8.92. The number of carbonyl (C=O) groups is 1. The quantitative estimate of drug-likeness (QED) is 0.711. The summed E-state index contributed by atoms with van der Waals surface area (Å²) in [6.45, 7) is 10.1. The van der Waals surface area contributed by atoms with Crippen LogP contribution in [-0.2, 0) is 4.79 Å². The average Bonchev–Trinajstić information content (AvgIpc) is 2.62. The summed E-state index contributed by atoms with van der Waals surface area (Å²) < 4.78 is 11.3. The minimum atomic E-state index is -0.543. The van der Waals surface area contributed by atoms with Crippen LogP contribution in [0.4, 0.5) is 5.69 Å². The maximum absolute atomic E-state index is 12.5. The van der Waals surface area contributed by atoms with Crippen LogP contribution in [0.25, 0.3) is 0 Å². The molecule has 1 N–H and O–H groups in total. The smallest absolute Gasteiger partial charge is 0.265 e. The average molecular weight is 339 g/mol. The second-order valence-corrected chi connectivity index (χ2v) is 5.87. The Morgan fingerprint density at radius 2 is 1.80 bits per heavy atom. The van der Waals surface area contributed by atoms with Crippen molar-refractivity contribution in [3.63, 3.8) is 0 Å². The number of amides is 1. The van der Waals surface area contributed by atoms with Crippen LogP contribution in [0.15, 0.2) is 55.1 Å². The van der Waals surface area contributed by atoms with Crippen molar-refractivity contribution in [1.29, 1.82) is 0 Å². The van der Waals surface area contributed by atoms with Gasteiger partial charge in [0.25, 0.3) is 5.91 Å². The molecule has 0 radical (unpaired) electrons. The lowest BCUT2D eigenvalue weighted by Gasteiger charge is -2.18. The van der Waals surface area contributed by atoms with Gasteiger partial charge in [0.1, 0.15) is 18.1 Å². The standard InChI is InChI=1S/C21H25NO3/c1-5-13-24-18-11-8-17(9-12-18)22-21(23)20(6-2)25-19-10-7-15(3)16(4)14-19/h5,7-12,14,20H,1,6,13H2,2-4H3,(H,22,23)/t20-/m0/s1. The second-order valence-electron chi connectivity index (χ2n) is 5.87. The summed E-state index contributed by atoms with van der Waals surface area (Å²) in [6.07, 6.45) is 1.73. The first-order valence-corrected chi connectivity index (χ1v) is 8.42. The van der Waals surface area contributed by atoms with E-state index in [1.807, 2.05) is 51.1 Å². The molecule has 0 saturated heterocycles. The third kappa shape index (κ3) is 5.38. The molecule has 0 aromatic heterocycles. The SMILES string of the molecule is C=CCOc1ccc(NC(=O)[C@H](CC)Oc2ccc(C)c(C)c2)cc1. The number of benzene rings is 2. The highest BCUT2D eigenvalue weighted by atomic mass is 16.5. The molecule has 1 amide bonds. The van der Waals surface area contributed by atoms with Crippen LogP contribution >= 0.6 is 0 Å². The highest BCUT2D eigenvalue weighted by Gasteiger charge is 2.18. The number of rotatable bonds is 8. The van der Waals surface area contributed by atoms with Crippen molar-refractivity contribution in [2.24, 2.45) is 0 Å². The van der Waals surface area contributed by atoms with Crippen LogP contribution in [0.1, 0.15) is 24.5 Å². The van der Waals surface area contributed by atoms with Gasteiger partial charge in [-0.05, 0) is 67.8 Å². The molecule has 4 nitrogen and oxygen atoms in total. The van der Waals surface area contributed by atoms with Crippen LogP contribution in [0.5, 0.6) is 11.5 Å². The zero-order chi connectivity index (χ0) is 18.2. The Kier molecular flexibility index (Phi) is 6.63. The molecule has 0 spiro atoms. The first-order chi connectivity index (χ1) is 12.0. The van der Waals surface area contributed by atoms with Gasteiger partial charge in [-0.1, -0.05) is 25.6 Å². The van der Waals surface area contributed by atoms with Gasteiger partial charge in [-0.2, -0.15) is 0 Å². The van der Waals surface area contributed by atoms with Crippen molar-refractivity contribution < 1.29 is 14.3 Å². The molecule has 4 heteroatoms. The molecule has 2 aromatic carbocycles. The highest BCUT2D eigenvalue weighted by Crippen LogP contribution is 2.20. The summed E-state index contributed by atoms with van der Waals surface area (Å²) in [5.41, 5.74) is 3.05. The lowest BCUT2D eigenvalue weighted by Crippen LogP contribution is -2.32. The minimum Gasteiger partial charge on any atom is -0.490 e. The Morgan fingerprint density at radius 3 is 2.40 bits per heavy atom. The maximum Gasteiger partial charge on any atom is 0.265 e. The van der Waals surface area contributed by atoms with Gasteiger partial charge in [0.05, 0.1) is 0 Å².